The summed E-state index contributed by atoms with van der Waals surface area (Å²) in [6.45, 7) is 2.47. The second kappa shape index (κ2) is 6.89. The van der Waals surface area contributed by atoms with Crippen LogP contribution >= 0.6 is 11.3 Å². The molecular formula is C14H21N3O3S. The van der Waals surface area contributed by atoms with Crippen LogP contribution in [0.2, 0.25) is 0 Å². The summed E-state index contributed by atoms with van der Waals surface area (Å²) in [5.74, 6) is -0.631. The number of carbonyl (C=O) groups is 2. The van der Waals surface area contributed by atoms with Crippen LogP contribution in [0.1, 0.15) is 38.3 Å². The van der Waals surface area contributed by atoms with Gasteiger partial charge in [-0.25, -0.2) is 14.6 Å². The van der Waals surface area contributed by atoms with Gasteiger partial charge in [-0.05, 0) is 18.8 Å². The molecule has 7 heteroatoms. The zero-order valence-corrected chi connectivity index (χ0v) is 12.9. The number of aromatic nitrogens is 1. The molecule has 1 heterocycles. The van der Waals surface area contributed by atoms with Crippen LogP contribution in [-0.4, -0.2) is 34.2 Å². The van der Waals surface area contributed by atoms with Crippen molar-refractivity contribution < 1.29 is 14.7 Å². The topological polar surface area (TPSA) is 91.3 Å². The molecule has 2 unspecified atom stereocenters. The third kappa shape index (κ3) is 4.17. The minimum absolute atomic E-state index is 0.310. The molecule has 0 spiro atoms. The molecule has 1 fully saturated rings. The maximum atomic E-state index is 12.0. The van der Waals surface area contributed by atoms with E-state index in [0.29, 0.717) is 31.7 Å². The van der Waals surface area contributed by atoms with E-state index >= 15 is 0 Å². The number of aliphatic carboxylic acids is 1. The molecule has 1 saturated carbocycles. The van der Waals surface area contributed by atoms with E-state index in [1.807, 2.05) is 12.3 Å². The van der Waals surface area contributed by atoms with Crippen LogP contribution in [0.15, 0.2) is 10.9 Å². The molecule has 0 saturated heterocycles. The first kappa shape index (κ1) is 15.8. The molecule has 0 aliphatic heterocycles. The van der Waals surface area contributed by atoms with Gasteiger partial charge in [0.15, 0.2) is 0 Å². The second-order valence-corrected chi connectivity index (χ2v) is 6.42. The molecule has 21 heavy (non-hydrogen) atoms. The van der Waals surface area contributed by atoms with Crippen LogP contribution in [0, 0.1) is 5.92 Å². The molecular weight excluding hydrogens is 290 g/mol. The highest BCUT2D eigenvalue weighted by atomic mass is 32.1. The summed E-state index contributed by atoms with van der Waals surface area (Å²) in [4.78, 5) is 27.7. The maximum absolute atomic E-state index is 12.0. The second-order valence-electron chi connectivity index (χ2n) is 5.70. The lowest BCUT2D eigenvalue weighted by atomic mass is 9.76. The number of carboxylic acid groups (broad SMARTS) is 1. The van der Waals surface area contributed by atoms with Crippen molar-refractivity contribution in [2.24, 2.45) is 5.92 Å². The SMILES string of the molecule is CC1CCCC(NC(=O)NCCc2cscn2)(C(=O)O)C1. The molecule has 1 aliphatic carbocycles. The lowest BCUT2D eigenvalue weighted by Crippen LogP contribution is -2.59. The van der Waals surface area contributed by atoms with Crippen molar-refractivity contribution in [1.82, 2.24) is 15.6 Å². The number of hydrogen-bond donors (Lipinski definition) is 3. The van der Waals surface area contributed by atoms with Crippen LogP contribution in [0.25, 0.3) is 0 Å². The first-order valence-corrected chi connectivity index (χ1v) is 8.12. The molecule has 1 aromatic heterocycles. The van der Waals surface area contributed by atoms with E-state index < -0.39 is 17.5 Å². The van der Waals surface area contributed by atoms with Crippen molar-refractivity contribution in [3.8, 4) is 0 Å². The van der Waals surface area contributed by atoms with Gasteiger partial charge >= 0.3 is 12.0 Å². The number of nitrogens with zero attached hydrogens (tertiary/aromatic N) is 1. The zero-order valence-electron chi connectivity index (χ0n) is 12.1. The average Bonchev–Trinajstić information content (AvgIpc) is 2.91. The summed E-state index contributed by atoms with van der Waals surface area (Å²) in [6.07, 6.45) is 3.47. The molecule has 0 aromatic carbocycles. The van der Waals surface area contributed by atoms with E-state index in [1.54, 1.807) is 5.51 Å². The Kier molecular flexibility index (Phi) is 5.17. The highest BCUT2D eigenvalue weighted by Crippen LogP contribution is 2.32. The monoisotopic (exact) mass is 311 g/mol. The Labute approximate surface area is 128 Å². The van der Waals surface area contributed by atoms with E-state index in [4.69, 9.17) is 0 Å². The Balaban J connectivity index is 1.85. The van der Waals surface area contributed by atoms with Crippen molar-refractivity contribution in [1.29, 1.82) is 0 Å². The lowest BCUT2D eigenvalue weighted by molar-refractivity contribution is -0.146. The third-order valence-corrected chi connectivity index (χ3v) is 4.55. The number of carboxylic acids is 1. The number of amides is 2. The van der Waals surface area contributed by atoms with Gasteiger partial charge in [-0.1, -0.05) is 19.8 Å². The Morgan fingerprint density at radius 1 is 1.57 bits per heavy atom. The fraction of sp³-hybridized carbons (Fsp3) is 0.643. The fourth-order valence-electron chi connectivity index (χ4n) is 2.84. The fourth-order valence-corrected chi connectivity index (χ4v) is 3.43. The minimum atomic E-state index is -1.12. The van der Waals surface area contributed by atoms with E-state index in [2.05, 4.69) is 15.6 Å². The molecule has 0 radical (unpaired) electrons. The average molecular weight is 311 g/mol. The van der Waals surface area contributed by atoms with Crippen LogP contribution in [-0.2, 0) is 11.2 Å². The van der Waals surface area contributed by atoms with Crippen LogP contribution < -0.4 is 10.6 Å². The van der Waals surface area contributed by atoms with Crippen LogP contribution in [0.4, 0.5) is 4.79 Å². The smallest absolute Gasteiger partial charge is 0.329 e. The Bertz CT molecular complexity index is 492. The maximum Gasteiger partial charge on any atom is 0.329 e. The molecule has 6 nitrogen and oxygen atoms in total. The summed E-state index contributed by atoms with van der Waals surface area (Å²) in [5, 5.41) is 16.8. The quantitative estimate of drug-likeness (QED) is 0.776. The predicted molar refractivity (Wildman–Crippen MR) is 80.4 cm³/mol. The molecule has 1 aliphatic rings. The number of nitrogens with one attached hydrogen (secondary N) is 2. The van der Waals surface area contributed by atoms with Gasteiger partial charge in [-0.3, -0.25) is 0 Å². The van der Waals surface area contributed by atoms with E-state index in [-0.39, 0.29) is 0 Å². The number of urea groups is 1. The first-order chi connectivity index (χ1) is 10.0. The highest BCUT2D eigenvalue weighted by molar-refractivity contribution is 7.07. The van der Waals surface area contributed by atoms with E-state index in [0.717, 1.165) is 18.5 Å². The van der Waals surface area contributed by atoms with Gasteiger partial charge in [0, 0.05) is 18.3 Å². The van der Waals surface area contributed by atoms with E-state index in [9.17, 15) is 14.7 Å². The van der Waals surface area contributed by atoms with Gasteiger partial charge in [0.05, 0.1) is 11.2 Å². The summed E-state index contributed by atoms with van der Waals surface area (Å²) in [6, 6.07) is -0.415. The van der Waals surface area contributed by atoms with Gasteiger partial charge in [0.25, 0.3) is 0 Å². The summed E-state index contributed by atoms with van der Waals surface area (Å²) in [7, 11) is 0. The summed E-state index contributed by atoms with van der Waals surface area (Å²) in [5.41, 5.74) is 1.56. The summed E-state index contributed by atoms with van der Waals surface area (Å²) >= 11 is 1.51. The first-order valence-electron chi connectivity index (χ1n) is 7.18. The van der Waals surface area contributed by atoms with Gasteiger partial charge in [0.2, 0.25) is 0 Å². The number of hydrogen-bond acceptors (Lipinski definition) is 4. The third-order valence-electron chi connectivity index (χ3n) is 3.91. The predicted octanol–water partition coefficient (Wildman–Crippen LogP) is 2.02. The normalized spacial score (nSPS) is 25.3. The zero-order chi connectivity index (χ0) is 15.3. The van der Waals surface area contributed by atoms with Crippen LogP contribution in [0.3, 0.4) is 0 Å². The van der Waals surface area contributed by atoms with Gasteiger partial charge in [0.1, 0.15) is 5.54 Å². The Morgan fingerprint density at radius 2 is 2.38 bits per heavy atom. The van der Waals surface area contributed by atoms with Gasteiger partial charge < -0.3 is 15.7 Å². The standard InChI is InChI=1S/C14H21N3O3S/c1-10-3-2-5-14(7-10,12(18)19)17-13(20)15-6-4-11-8-21-9-16-11/h8-10H,2-7H2,1H3,(H,18,19)(H2,15,17,20). The Hall–Kier alpha value is -1.63. The van der Waals surface area contributed by atoms with Crippen molar-refractivity contribution in [2.45, 2.75) is 44.6 Å². The van der Waals surface area contributed by atoms with Crippen molar-refractivity contribution in [3.05, 3.63) is 16.6 Å². The molecule has 1 aromatic rings. The molecule has 2 rings (SSSR count). The number of rotatable bonds is 5. The number of carbonyl (C=O) groups excluding carboxylic acids is 1. The van der Waals surface area contributed by atoms with Gasteiger partial charge in [-0.2, -0.15) is 0 Å². The molecule has 2 amide bonds. The van der Waals surface area contributed by atoms with Crippen LogP contribution in [0.5, 0.6) is 0 Å². The summed E-state index contributed by atoms with van der Waals surface area (Å²) < 4.78 is 0. The van der Waals surface area contributed by atoms with Crippen molar-refractivity contribution >= 4 is 23.3 Å². The lowest BCUT2D eigenvalue weighted by Gasteiger charge is -2.36. The molecule has 3 N–H and O–H groups in total. The van der Waals surface area contributed by atoms with E-state index in [1.165, 1.54) is 11.3 Å². The van der Waals surface area contributed by atoms with Gasteiger partial charge in [-0.15, -0.1) is 11.3 Å². The van der Waals surface area contributed by atoms with Crippen molar-refractivity contribution in [2.75, 3.05) is 6.54 Å². The van der Waals surface area contributed by atoms with Crippen molar-refractivity contribution in [3.63, 3.8) is 0 Å². The highest BCUT2D eigenvalue weighted by Gasteiger charge is 2.43. The molecule has 116 valence electrons. The molecule has 0 bridgehead atoms. The number of thiazole rings is 1. The molecule has 2 atom stereocenters. The largest absolute Gasteiger partial charge is 0.480 e. The Morgan fingerprint density at radius 3 is 3.00 bits per heavy atom. The minimum Gasteiger partial charge on any atom is -0.480 e.